The Morgan fingerprint density at radius 3 is 2.32 bits per heavy atom. The highest BCUT2D eigenvalue weighted by Crippen LogP contribution is 2.21. The van der Waals surface area contributed by atoms with Gasteiger partial charge in [0.1, 0.15) is 12.6 Å². The Bertz CT molecular complexity index is 1060. The van der Waals surface area contributed by atoms with Gasteiger partial charge in [0.25, 0.3) is 0 Å². The highest BCUT2D eigenvalue weighted by atomic mass is 35.5. The van der Waals surface area contributed by atoms with Crippen LogP contribution in [0.4, 0.5) is 5.69 Å². The predicted octanol–water partition coefficient (Wildman–Crippen LogP) is 3.29. The average Bonchev–Trinajstić information content (AvgIpc) is 2.80. The van der Waals surface area contributed by atoms with Crippen LogP contribution in [0.15, 0.2) is 54.6 Å². The van der Waals surface area contributed by atoms with Crippen molar-refractivity contribution in [1.29, 1.82) is 0 Å². The summed E-state index contributed by atoms with van der Waals surface area (Å²) in [6, 6.07) is 14.6. The first-order valence-electron chi connectivity index (χ1n) is 11.1. The van der Waals surface area contributed by atoms with Gasteiger partial charge in [-0.1, -0.05) is 55.3 Å². The third kappa shape index (κ3) is 7.44. The SMILES string of the molecule is CCCCNC(=O)[C@@H](C)N(Cc1cccc(Cl)c1)C(=O)CN(c1ccccc1)S(=O)(=O)N(C)C. The van der Waals surface area contributed by atoms with Crippen LogP contribution in [-0.4, -0.2) is 62.7 Å². The summed E-state index contributed by atoms with van der Waals surface area (Å²) >= 11 is 6.12. The molecule has 0 aromatic heterocycles. The van der Waals surface area contributed by atoms with Crippen LogP contribution in [0.2, 0.25) is 5.02 Å². The van der Waals surface area contributed by atoms with E-state index in [0.29, 0.717) is 17.3 Å². The number of hydrogen-bond acceptors (Lipinski definition) is 4. The second-order valence-electron chi connectivity index (χ2n) is 8.10. The largest absolute Gasteiger partial charge is 0.354 e. The second kappa shape index (κ2) is 12.7. The van der Waals surface area contributed by atoms with Crippen LogP contribution in [0.1, 0.15) is 32.3 Å². The zero-order valence-corrected chi connectivity index (χ0v) is 21.6. The zero-order valence-electron chi connectivity index (χ0n) is 20.1. The number of anilines is 1. The van der Waals surface area contributed by atoms with Gasteiger partial charge in [-0.25, -0.2) is 4.31 Å². The Kier molecular flexibility index (Phi) is 10.3. The number of unbranched alkanes of at least 4 members (excludes halogenated alkanes) is 1. The average molecular weight is 509 g/mol. The molecule has 0 aliphatic rings. The van der Waals surface area contributed by atoms with Gasteiger partial charge < -0.3 is 10.2 Å². The number of nitrogens with zero attached hydrogens (tertiary/aromatic N) is 3. The number of rotatable bonds is 12. The van der Waals surface area contributed by atoms with Crippen LogP contribution < -0.4 is 9.62 Å². The molecule has 0 saturated heterocycles. The molecule has 34 heavy (non-hydrogen) atoms. The molecular formula is C24H33ClN4O4S. The normalized spacial score (nSPS) is 12.3. The van der Waals surface area contributed by atoms with E-state index >= 15 is 0 Å². The summed E-state index contributed by atoms with van der Waals surface area (Å²) in [6.07, 6.45) is 1.75. The maximum Gasteiger partial charge on any atom is 0.304 e. The fourth-order valence-corrected chi connectivity index (χ4v) is 4.53. The molecule has 0 aliphatic carbocycles. The summed E-state index contributed by atoms with van der Waals surface area (Å²) in [7, 11) is -1.15. The van der Waals surface area contributed by atoms with E-state index in [0.717, 1.165) is 27.0 Å². The minimum absolute atomic E-state index is 0.104. The van der Waals surface area contributed by atoms with Gasteiger partial charge in [-0.05, 0) is 43.2 Å². The molecule has 0 saturated carbocycles. The fourth-order valence-electron chi connectivity index (χ4n) is 3.26. The highest BCUT2D eigenvalue weighted by molar-refractivity contribution is 7.90. The Labute approximate surface area is 207 Å². The Balaban J connectivity index is 2.38. The van der Waals surface area contributed by atoms with Crippen LogP contribution in [0.3, 0.4) is 0 Å². The Morgan fingerprint density at radius 2 is 1.74 bits per heavy atom. The highest BCUT2D eigenvalue weighted by Gasteiger charge is 2.32. The number of carbonyl (C=O) groups is 2. The van der Waals surface area contributed by atoms with Crippen molar-refractivity contribution in [2.45, 2.75) is 39.3 Å². The molecule has 2 aromatic rings. The third-order valence-electron chi connectivity index (χ3n) is 5.30. The third-order valence-corrected chi connectivity index (χ3v) is 7.36. The molecule has 0 heterocycles. The Hall–Kier alpha value is -2.62. The van der Waals surface area contributed by atoms with Crippen molar-refractivity contribution >= 4 is 39.3 Å². The molecule has 2 rings (SSSR count). The van der Waals surface area contributed by atoms with Gasteiger partial charge in [0.05, 0.1) is 5.69 Å². The molecule has 186 valence electrons. The van der Waals surface area contributed by atoms with Crippen molar-refractivity contribution in [1.82, 2.24) is 14.5 Å². The van der Waals surface area contributed by atoms with Gasteiger partial charge in [-0.3, -0.25) is 9.59 Å². The van der Waals surface area contributed by atoms with Crippen molar-refractivity contribution in [3.8, 4) is 0 Å². The van der Waals surface area contributed by atoms with Gasteiger partial charge in [0.2, 0.25) is 11.8 Å². The summed E-state index contributed by atoms with van der Waals surface area (Å²) in [4.78, 5) is 27.7. The number of benzene rings is 2. The lowest BCUT2D eigenvalue weighted by atomic mass is 10.1. The number of nitrogens with one attached hydrogen (secondary N) is 1. The number of hydrogen-bond donors (Lipinski definition) is 1. The molecule has 1 atom stereocenters. The smallest absolute Gasteiger partial charge is 0.304 e. The van der Waals surface area contributed by atoms with Crippen LogP contribution in [0, 0.1) is 0 Å². The van der Waals surface area contributed by atoms with Crippen molar-refractivity contribution < 1.29 is 18.0 Å². The first kappa shape index (κ1) is 27.6. The van der Waals surface area contributed by atoms with E-state index in [1.165, 1.54) is 19.0 Å². The summed E-state index contributed by atoms with van der Waals surface area (Å²) < 4.78 is 28.2. The van der Waals surface area contributed by atoms with Crippen molar-refractivity contribution in [3.05, 3.63) is 65.2 Å². The molecule has 10 heteroatoms. The lowest BCUT2D eigenvalue weighted by Gasteiger charge is -2.32. The predicted molar refractivity (Wildman–Crippen MR) is 136 cm³/mol. The van der Waals surface area contributed by atoms with Gasteiger partial charge in [-0.15, -0.1) is 0 Å². The summed E-state index contributed by atoms with van der Waals surface area (Å²) in [5.74, 6) is -0.807. The topological polar surface area (TPSA) is 90.0 Å². The monoisotopic (exact) mass is 508 g/mol. The van der Waals surface area contributed by atoms with E-state index in [1.54, 1.807) is 61.5 Å². The number of halogens is 1. The molecule has 8 nitrogen and oxygen atoms in total. The van der Waals surface area contributed by atoms with E-state index in [2.05, 4.69) is 5.32 Å². The van der Waals surface area contributed by atoms with Gasteiger partial charge in [0, 0.05) is 32.2 Å². The molecule has 0 bridgehead atoms. The van der Waals surface area contributed by atoms with Crippen molar-refractivity contribution in [3.63, 3.8) is 0 Å². The van der Waals surface area contributed by atoms with Crippen LogP contribution in [0.25, 0.3) is 0 Å². The quantitative estimate of drug-likeness (QED) is 0.445. The van der Waals surface area contributed by atoms with E-state index in [-0.39, 0.29) is 12.5 Å². The molecule has 0 fully saturated rings. The first-order valence-corrected chi connectivity index (χ1v) is 12.9. The van der Waals surface area contributed by atoms with E-state index in [9.17, 15) is 18.0 Å². The molecule has 0 radical (unpaired) electrons. The van der Waals surface area contributed by atoms with Crippen LogP contribution in [0.5, 0.6) is 0 Å². The fraction of sp³-hybridized carbons (Fsp3) is 0.417. The molecule has 2 aromatic carbocycles. The maximum absolute atomic E-state index is 13.5. The van der Waals surface area contributed by atoms with Crippen molar-refractivity contribution in [2.24, 2.45) is 0 Å². The minimum atomic E-state index is -3.97. The maximum atomic E-state index is 13.5. The van der Waals surface area contributed by atoms with Gasteiger partial charge >= 0.3 is 10.2 Å². The number of carbonyl (C=O) groups excluding carboxylic acids is 2. The molecule has 0 unspecified atom stereocenters. The summed E-state index contributed by atoms with van der Waals surface area (Å²) in [5, 5.41) is 3.36. The lowest BCUT2D eigenvalue weighted by molar-refractivity contribution is -0.139. The molecule has 2 amide bonds. The molecule has 0 aliphatic heterocycles. The molecular weight excluding hydrogens is 476 g/mol. The lowest BCUT2D eigenvalue weighted by Crippen LogP contribution is -2.52. The number of para-hydroxylation sites is 1. The van der Waals surface area contributed by atoms with Gasteiger partial charge in [-0.2, -0.15) is 12.7 Å². The zero-order chi connectivity index (χ0) is 25.3. The number of amides is 2. The summed E-state index contributed by atoms with van der Waals surface area (Å²) in [5.41, 5.74) is 1.09. The van der Waals surface area contributed by atoms with E-state index < -0.39 is 28.7 Å². The molecule has 1 N–H and O–H groups in total. The standard InChI is InChI=1S/C24H33ClN4O4S/c1-5-6-15-26-24(31)19(2)28(17-20-11-10-12-21(25)16-20)23(30)18-29(34(32,33)27(3)4)22-13-8-7-9-14-22/h7-14,16,19H,5-6,15,17-18H2,1-4H3,(H,26,31)/t19-/m1/s1. The Morgan fingerprint density at radius 1 is 1.06 bits per heavy atom. The van der Waals surface area contributed by atoms with E-state index in [4.69, 9.17) is 11.6 Å². The van der Waals surface area contributed by atoms with Crippen LogP contribution in [-0.2, 0) is 26.3 Å². The van der Waals surface area contributed by atoms with Gasteiger partial charge in [0.15, 0.2) is 0 Å². The second-order valence-corrected chi connectivity index (χ2v) is 10.6. The van der Waals surface area contributed by atoms with E-state index in [1.807, 2.05) is 6.92 Å². The van der Waals surface area contributed by atoms with Crippen LogP contribution >= 0.6 is 11.6 Å². The first-order chi connectivity index (χ1) is 16.1. The minimum Gasteiger partial charge on any atom is -0.354 e. The van der Waals surface area contributed by atoms with Crippen molar-refractivity contribution in [2.75, 3.05) is 31.5 Å². The summed E-state index contributed by atoms with van der Waals surface area (Å²) in [6.45, 7) is 3.80. The molecule has 0 spiro atoms.